The molecule has 2 aliphatic rings. The molecule has 1 amide bonds. The van der Waals surface area contributed by atoms with Crippen molar-refractivity contribution < 1.29 is 13.2 Å². The zero-order chi connectivity index (χ0) is 17.9. The molecule has 1 atom stereocenters. The van der Waals surface area contributed by atoms with Gasteiger partial charge in [0.25, 0.3) is 5.91 Å². The molecule has 6 nitrogen and oxygen atoms in total. The second-order valence-corrected chi connectivity index (χ2v) is 9.54. The molecule has 2 aliphatic heterocycles. The van der Waals surface area contributed by atoms with Gasteiger partial charge in [-0.05, 0) is 55.5 Å². The molecule has 0 spiro atoms. The molecule has 2 saturated heterocycles. The van der Waals surface area contributed by atoms with E-state index in [1.165, 1.54) is 6.07 Å². The molecular formula is C17H25N3O3S2. The summed E-state index contributed by atoms with van der Waals surface area (Å²) in [4.78, 5) is 14.7. The predicted molar refractivity (Wildman–Crippen MR) is 100 cm³/mol. The van der Waals surface area contributed by atoms with Gasteiger partial charge in [0.05, 0.1) is 4.90 Å². The number of thioether (sulfide) groups is 1. The lowest BCUT2D eigenvalue weighted by atomic mass is 10.1. The zero-order valence-electron chi connectivity index (χ0n) is 14.4. The van der Waals surface area contributed by atoms with Crippen molar-refractivity contribution in [2.45, 2.75) is 36.2 Å². The number of benzene rings is 1. The van der Waals surface area contributed by atoms with Gasteiger partial charge in [0.2, 0.25) is 10.0 Å². The first-order valence-electron chi connectivity index (χ1n) is 8.65. The SMILES string of the molecule is CN(C(=O)c1cccc(S(=O)(=O)NC2CCNC2)c1)C1CCSCC1. The average Bonchev–Trinajstić information content (AvgIpc) is 3.13. The number of sulfonamides is 1. The fourth-order valence-corrected chi connectivity index (χ4v) is 5.68. The molecule has 0 radical (unpaired) electrons. The maximum Gasteiger partial charge on any atom is 0.253 e. The summed E-state index contributed by atoms with van der Waals surface area (Å²) < 4.78 is 27.8. The van der Waals surface area contributed by atoms with E-state index >= 15 is 0 Å². The van der Waals surface area contributed by atoms with Crippen LogP contribution in [0.5, 0.6) is 0 Å². The molecule has 0 bridgehead atoms. The number of amides is 1. The van der Waals surface area contributed by atoms with Crippen molar-refractivity contribution in [3.8, 4) is 0 Å². The first-order chi connectivity index (χ1) is 12.0. The molecule has 2 heterocycles. The number of hydrogen-bond donors (Lipinski definition) is 2. The van der Waals surface area contributed by atoms with Crippen molar-refractivity contribution in [2.24, 2.45) is 0 Å². The first-order valence-corrected chi connectivity index (χ1v) is 11.3. The van der Waals surface area contributed by atoms with Crippen LogP contribution in [0.4, 0.5) is 0 Å². The Kier molecular flexibility index (Phi) is 6.04. The van der Waals surface area contributed by atoms with E-state index in [9.17, 15) is 13.2 Å². The highest BCUT2D eigenvalue weighted by molar-refractivity contribution is 7.99. The molecule has 3 rings (SSSR count). The molecule has 2 N–H and O–H groups in total. The fraction of sp³-hybridized carbons (Fsp3) is 0.588. The lowest BCUT2D eigenvalue weighted by Gasteiger charge is -2.31. The summed E-state index contributed by atoms with van der Waals surface area (Å²) in [6, 6.07) is 6.49. The minimum atomic E-state index is -3.61. The van der Waals surface area contributed by atoms with Gasteiger partial charge >= 0.3 is 0 Å². The molecule has 0 saturated carbocycles. The van der Waals surface area contributed by atoms with Crippen LogP contribution in [0, 0.1) is 0 Å². The zero-order valence-corrected chi connectivity index (χ0v) is 16.0. The summed E-state index contributed by atoms with van der Waals surface area (Å²) in [5.74, 6) is 2.02. The lowest BCUT2D eigenvalue weighted by molar-refractivity contribution is 0.0723. The predicted octanol–water partition coefficient (Wildman–Crippen LogP) is 1.29. The van der Waals surface area contributed by atoms with Crippen LogP contribution in [0.3, 0.4) is 0 Å². The van der Waals surface area contributed by atoms with E-state index in [-0.39, 0.29) is 22.9 Å². The molecule has 138 valence electrons. The summed E-state index contributed by atoms with van der Waals surface area (Å²) in [6.07, 6.45) is 2.75. The van der Waals surface area contributed by atoms with E-state index in [2.05, 4.69) is 10.0 Å². The summed E-state index contributed by atoms with van der Waals surface area (Å²) in [6.45, 7) is 1.45. The summed E-state index contributed by atoms with van der Waals surface area (Å²) >= 11 is 1.91. The Morgan fingerprint density at radius 2 is 2.04 bits per heavy atom. The van der Waals surface area contributed by atoms with Crippen molar-refractivity contribution in [1.82, 2.24) is 14.9 Å². The number of carbonyl (C=O) groups excluding carboxylic acids is 1. The molecule has 25 heavy (non-hydrogen) atoms. The van der Waals surface area contributed by atoms with E-state index in [4.69, 9.17) is 0 Å². The van der Waals surface area contributed by atoms with Crippen molar-refractivity contribution >= 4 is 27.7 Å². The van der Waals surface area contributed by atoms with Crippen LogP contribution < -0.4 is 10.0 Å². The summed E-state index contributed by atoms with van der Waals surface area (Å²) in [7, 11) is -1.80. The van der Waals surface area contributed by atoms with Crippen molar-refractivity contribution in [3.63, 3.8) is 0 Å². The van der Waals surface area contributed by atoms with Crippen molar-refractivity contribution in [3.05, 3.63) is 29.8 Å². The minimum Gasteiger partial charge on any atom is -0.339 e. The maximum atomic E-state index is 12.8. The lowest BCUT2D eigenvalue weighted by Crippen LogP contribution is -2.39. The van der Waals surface area contributed by atoms with Gasteiger partial charge < -0.3 is 10.2 Å². The van der Waals surface area contributed by atoms with Gasteiger partial charge in [-0.15, -0.1) is 0 Å². The van der Waals surface area contributed by atoms with Gasteiger partial charge in [-0.2, -0.15) is 11.8 Å². The average molecular weight is 384 g/mol. The third-order valence-electron chi connectivity index (χ3n) is 4.83. The van der Waals surface area contributed by atoms with Crippen molar-refractivity contribution in [2.75, 3.05) is 31.6 Å². The molecular weight excluding hydrogens is 358 g/mol. The molecule has 1 aromatic carbocycles. The Morgan fingerprint density at radius 1 is 1.28 bits per heavy atom. The number of hydrogen-bond acceptors (Lipinski definition) is 5. The first kappa shape index (κ1) is 18.7. The monoisotopic (exact) mass is 383 g/mol. The van der Waals surface area contributed by atoms with Crippen LogP contribution in [0.25, 0.3) is 0 Å². The highest BCUT2D eigenvalue weighted by atomic mass is 32.2. The van der Waals surface area contributed by atoms with Crippen LogP contribution in [-0.2, 0) is 10.0 Å². The van der Waals surface area contributed by atoms with Crippen LogP contribution in [0.15, 0.2) is 29.2 Å². The largest absolute Gasteiger partial charge is 0.339 e. The van der Waals surface area contributed by atoms with E-state index < -0.39 is 10.0 Å². The Labute approximate surface area is 153 Å². The highest BCUT2D eigenvalue weighted by Crippen LogP contribution is 2.23. The second-order valence-electron chi connectivity index (χ2n) is 6.60. The number of rotatable bonds is 5. The third kappa shape index (κ3) is 4.55. The van der Waals surface area contributed by atoms with E-state index in [1.807, 2.05) is 18.8 Å². The number of nitrogens with zero attached hydrogens (tertiary/aromatic N) is 1. The van der Waals surface area contributed by atoms with Crippen LogP contribution >= 0.6 is 11.8 Å². The Balaban J connectivity index is 1.74. The van der Waals surface area contributed by atoms with E-state index in [0.29, 0.717) is 12.1 Å². The molecule has 1 aromatic rings. The Bertz CT molecular complexity index is 712. The van der Waals surface area contributed by atoms with Gasteiger partial charge in [-0.3, -0.25) is 4.79 Å². The molecule has 2 fully saturated rings. The van der Waals surface area contributed by atoms with Crippen LogP contribution in [0.1, 0.15) is 29.6 Å². The molecule has 0 aliphatic carbocycles. The minimum absolute atomic E-state index is 0.0910. The fourth-order valence-electron chi connectivity index (χ4n) is 3.28. The van der Waals surface area contributed by atoms with Crippen LogP contribution in [-0.4, -0.2) is 63.0 Å². The number of carbonyl (C=O) groups is 1. The van der Waals surface area contributed by atoms with Gasteiger partial charge in [-0.1, -0.05) is 6.07 Å². The molecule has 1 unspecified atom stereocenters. The maximum absolute atomic E-state index is 12.8. The highest BCUT2D eigenvalue weighted by Gasteiger charge is 2.26. The van der Waals surface area contributed by atoms with E-state index in [1.54, 1.807) is 23.1 Å². The van der Waals surface area contributed by atoms with Crippen LogP contribution in [0.2, 0.25) is 0 Å². The molecule has 0 aromatic heterocycles. The third-order valence-corrected chi connectivity index (χ3v) is 7.40. The van der Waals surface area contributed by atoms with Crippen molar-refractivity contribution in [1.29, 1.82) is 0 Å². The standard InChI is InChI=1S/C17H25N3O3S2/c1-20(15-6-9-24-10-7-15)17(21)13-3-2-4-16(11-13)25(22,23)19-14-5-8-18-12-14/h2-4,11,14-15,18-19H,5-10,12H2,1H3. The quantitative estimate of drug-likeness (QED) is 0.801. The second kappa shape index (κ2) is 8.07. The Hall–Kier alpha value is -1.09. The summed E-state index contributed by atoms with van der Waals surface area (Å²) in [5.41, 5.74) is 0.424. The molecule has 8 heteroatoms. The Morgan fingerprint density at radius 3 is 2.72 bits per heavy atom. The van der Waals surface area contributed by atoms with Gasteiger partial charge in [0.15, 0.2) is 0 Å². The smallest absolute Gasteiger partial charge is 0.253 e. The van der Waals surface area contributed by atoms with Gasteiger partial charge in [-0.25, -0.2) is 13.1 Å². The number of nitrogens with one attached hydrogen (secondary N) is 2. The van der Waals surface area contributed by atoms with Gasteiger partial charge in [0.1, 0.15) is 0 Å². The van der Waals surface area contributed by atoms with E-state index in [0.717, 1.165) is 37.3 Å². The topological polar surface area (TPSA) is 78.5 Å². The normalized spacial score (nSPS) is 22.0. The van der Waals surface area contributed by atoms with Gasteiger partial charge in [0, 0.05) is 31.2 Å². The summed E-state index contributed by atoms with van der Waals surface area (Å²) in [5, 5.41) is 3.14.